The number of hydrogen-bond acceptors (Lipinski definition) is 3. The van der Waals surface area contributed by atoms with Gasteiger partial charge in [-0.05, 0) is 51.5 Å². The zero-order chi connectivity index (χ0) is 15.1. The number of aliphatic imine (C=N–C) groups is 1. The third-order valence-corrected chi connectivity index (χ3v) is 4.84. The Morgan fingerprint density at radius 1 is 1.41 bits per heavy atom. The lowest BCUT2D eigenvalue weighted by molar-refractivity contribution is 0.614. The Morgan fingerprint density at radius 2 is 2.23 bits per heavy atom. The number of halogens is 1. The van der Waals surface area contributed by atoms with E-state index in [1.807, 2.05) is 36.9 Å². The van der Waals surface area contributed by atoms with Crippen molar-refractivity contribution in [3.05, 3.63) is 29.6 Å². The van der Waals surface area contributed by atoms with E-state index in [4.69, 9.17) is 0 Å². The van der Waals surface area contributed by atoms with E-state index in [2.05, 4.69) is 33.8 Å². The number of guanidine groups is 1. The SMILES string of the molecule is CCNC(=NCc1cccc(C)n1)NC1CCC(SC)C1.I. The smallest absolute Gasteiger partial charge is 0.191 e. The molecule has 1 aliphatic rings. The molecule has 2 atom stereocenters. The molecule has 6 heteroatoms. The van der Waals surface area contributed by atoms with E-state index in [9.17, 15) is 0 Å². The highest BCUT2D eigenvalue weighted by Gasteiger charge is 2.24. The molecule has 0 radical (unpaired) electrons. The van der Waals surface area contributed by atoms with Crippen molar-refractivity contribution < 1.29 is 0 Å². The van der Waals surface area contributed by atoms with E-state index in [1.54, 1.807) is 0 Å². The summed E-state index contributed by atoms with van der Waals surface area (Å²) in [4.78, 5) is 9.16. The molecule has 0 bridgehead atoms. The Labute approximate surface area is 155 Å². The molecule has 4 nitrogen and oxygen atoms in total. The Kier molecular flexibility index (Phi) is 9.16. The van der Waals surface area contributed by atoms with Crippen LogP contribution in [0.3, 0.4) is 0 Å². The molecular formula is C16H27IN4S. The molecule has 0 spiro atoms. The molecule has 2 rings (SSSR count). The van der Waals surface area contributed by atoms with Gasteiger partial charge in [-0.2, -0.15) is 11.8 Å². The molecule has 2 N–H and O–H groups in total. The van der Waals surface area contributed by atoms with Crippen molar-refractivity contribution in [2.45, 2.75) is 50.9 Å². The maximum atomic E-state index is 4.66. The normalized spacial score (nSPS) is 21.3. The minimum atomic E-state index is 0. The molecule has 0 saturated heterocycles. The van der Waals surface area contributed by atoms with Crippen LogP contribution in [-0.2, 0) is 6.54 Å². The first kappa shape index (κ1) is 19.5. The second-order valence-corrected chi connectivity index (χ2v) is 6.62. The fourth-order valence-corrected chi connectivity index (χ4v) is 3.44. The van der Waals surface area contributed by atoms with E-state index in [0.29, 0.717) is 12.6 Å². The van der Waals surface area contributed by atoms with Gasteiger partial charge in [-0.3, -0.25) is 4.98 Å². The van der Waals surface area contributed by atoms with Crippen molar-refractivity contribution in [2.75, 3.05) is 12.8 Å². The molecule has 22 heavy (non-hydrogen) atoms. The fraction of sp³-hybridized carbons (Fsp3) is 0.625. The molecular weight excluding hydrogens is 407 g/mol. The predicted molar refractivity (Wildman–Crippen MR) is 107 cm³/mol. The summed E-state index contributed by atoms with van der Waals surface area (Å²) in [5.41, 5.74) is 2.06. The van der Waals surface area contributed by atoms with Gasteiger partial charge in [0, 0.05) is 23.5 Å². The van der Waals surface area contributed by atoms with Crippen LogP contribution in [0, 0.1) is 6.92 Å². The van der Waals surface area contributed by atoms with Crippen LogP contribution in [0.4, 0.5) is 0 Å². The Morgan fingerprint density at radius 3 is 2.86 bits per heavy atom. The van der Waals surface area contributed by atoms with E-state index >= 15 is 0 Å². The molecule has 1 aromatic heterocycles. The topological polar surface area (TPSA) is 49.3 Å². The molecule has 124 valence electrons. The average Bonchev–Trinajstić information content (AvgIpc) is 2.93. The van der Waals surface area contributed by atoms with Gasteiger partial charge in [-0.1, -0.05) is 6.07 Å². The lowest BCUT2D eigenvalue weighted by Crippen LogP contribution is -2.42. The number of nitrogens with one attached hydrogen (secondary N) is 2. The van der Waals surface area contributed by atoms with Crippen molar-refractivity contribution >= 4 is 41.7 Å². The summed E-state index contributed by atoms with van der Waals surface area (Å²) in [6.07, 6.45) is 5.97. The highest BCUT2D eigenvalue weighted by Crippen LogP contribution is 2.27. The summed E-state index contributed by atoms with van der Waals surface area (Å²) in [7, 11) is 0. The Balaban J connectivity index is 0.00000242. The summed E-state index contributed by atoms with van der Waals surface area (Å²) in [5, 5.41) is 7.69. The third-order valence-electron chi connectivity index (χ3n) is 3.75. The van der Waals surface area contributed by atoms with Crippen molar-refractivity contribution in [1.82, 2.24) is 15.6 Å². The number of nitrogens with zero attached hydrogens (tertiary/aromatic N) is 2. The summed E-state index contributed by atoms with van der Waals surface area (Å²) < 4.78 is 0. The zero-order valence-electron chi connectivity index (χ0n) is 13.6. The van der Waals surface area contributed by atoms with E-state index in [0.717, 1.165) is 29.1 Å². The van der Waals surface area contributed by atoms with Crippen molar-refractivity contribution in [3.63, 3.8) is 0 Å². The third kappa shape index (κ3) is 6.32. The summed E-state index contributed by atoms with van der Waals surface area (Å²) in [5.74, 6) is 0.910. The predicted octanol–water partition coefficient (Wildman–Crippen LogP) is 3.35. The number of hydrogen-bond donors (Lipinski definition) is 2. The zero-order valence-corrected chi connectivity index (χ0v) is 16.8. The maximum absolute atomic E-state index is 4.66. The van der Waals surface area contributed by atoms with Crippen LogP contribution in [0.25, 0.3) is 0 Å². The molecule has 0 amide bonds. The minimum absolute atomic E-state index is 0. The highest BCUT2D eigenvalue weighted by atomic mass is 127. The summed E-state index contributed by atoms with van der Waals surface area (Å²) in [6, 6.07) is 6.62. The quantitative estimate of drug-likeness (QED) is 0.424. The number of pyridine rings is 1. The van der Waals surface area contributed by atoms with Crippen LogP contribution < -0.4 is 10.6 Å². The highest BCUT2D eigenvalue weighted by molar-refractivity contribution is 14.0. The van der Waals surface area contributed by atoms with Gasteiger partial charge in [-0.25, -0.2) is 4.99 Å². The molecule has 2 unspecified atom stereocenters. The lowest BCUT2D eigenvalue weighted by atomic mass is 10.2. The average molecular weight is 434 g/mol. The number of aryl methyl sites for hydroxylation is 1. The molecule has 1 heterocycles. The van der Waals surface area contributed by atoms with Gasteiger partial charge < -0.3 is 10.6 Å². The van der Waals surface area contributed by atoms with Crippen LogP contribution in [0.5, 0.6) is 0 Å². The number of rotatable bonds is 5. The first-order valence-electron chi connectivity index (χ1n) is 7.71. The van der Waals surface area contributed by atoms with E-state index in [-0.39, 0.29) is 24.0 Å². The van der Waals surface area contributed by atoms with Gasteiger partial charge >= 0.3 is 0 Å². The summed E-state index contributed by atoms with van der Waals surface area (Å²) in [6.45, 7) is 5.61. The van der Waals surface area contributed by atoms with E-state index < -0.39 is 0 Å². The number of thioether (sulfide) groups is 1. The molecule has 0 aromatic carbocycles. The van der Waals surface area contributed by atoms with Crippen LogP contribution in [-0.4, -0.2) is 35.0 Å². The Hall–Kier alpha value is -0.500. The number of aromatic nitrogens is 1. The minimum Gasteiger partial charge on any atom is -0.357 e. The molecule has 1 fully saturated rings. The van der Waals surface area contributed by atoms with Gasteiger partial charge in [0.15, 0.2) is 5.96 Å². The van der Waals surface area contributed by atoms with E-state index in [1.165, 1.54) is 19.3 Å². The van der Waals surface area contributed by atoms with Gasteiger partial charge in [-0.15, -0.1) is 24.0 Å². The molecule has 1 saturated carbocycles. The van der Waals surface area contributed by atoms with Crippen LogP contribution in [0.2, 0.25) is 0 Å². The molecule has 1 aromatic rings. The monoisotopic (exact) mass is 434 g/mol. The fourth-order valence-electron chi connectivity index (χ4n) is 2.65. The maximum Gasteiger partial charge on any atom is 0.191 e. The Bertz CT molecular complexity index is 481. The second-order valence-electron chi connectivity index (χ2n) is 5.48. The standard InChI is InChI=1S/C16H26N4S.HI/c1-4-17-16(20-13-8-9-15(10-13)21-3)18-11-14-7-5-6-12(2)19-14;/h5-7,13,15H,4,8-11H2,1-3H3,(H2,17,18,20);1H. The van der Waals surface area contributed by atoms with Gasteiger partial charge in [0.25, 0.3) is 0 Å². The van der Waals surface area contributed by atoms with Gasteiger partial charge in [0.05, 0.1) is 12.2 Å². The van der Waals surface area contributed by atoms with Gasteiger partial charge in [0.2, 0.25) is 0 Å². The summed E-state index contributed by atoms with van der Waals surface area (Å²) >= 11 is 1.98. The van der Waals surface area contributed by atoms with Crippen LogP contribution in [0.1, 0.15) is 37.6 Å². The van der Waals surface area contributed by atoms with Crippen LogP contribution >= 0.6 is 35.7 Å². The lowest BCUT2D eigenvalue weighted by Gasteiger charge is -2.17. The van der Waals surface area contributed by atoms with Crippen molar-refractivity contribution in [1.29, 1.82) is 0 Å². The van der Waals surface area contributed by atoms with Crippen LogP contribution in [0.15, 0.2) is 23.2 Å². The largest absolute Gasteiger partial charge is 0.357 e. The molecule has 1 aliphatic carbocycles. The first-order valence-corrected chi connectivity index (χ1v) is 9.00. The van der Waals surface area contributed by atoms with Crippen molar-refractivity contribution in [3.8, 4) is 0 Å². The first-order chi connectivity index (χ1) is 10.2. The van der Waals surface area contributed by atoms with Crippen molar-refractivity contribution in [2.24, 2.45) is 4.99 Å². The second kappa shape index (κ2) is 10.3. The molecule has 0 aliphatic heterocycles. The van der Waals surface area contributed by atoms with Gasteiger partial charge in [0.1, 0.15) is 0 Å².